The number of ketones is 1. The fraction of sp³-hybridized carbons (Fsp3) is 0.421. The van der Waals surface area contributed by atoms with E-state index in [0.29, 0.717) is 11.4 Å². The molecule has 146 valence electrons. The molecule has 8 heteroatoms. The maximum atomic E-state index is 12.6. The number of hydrogen-bond acceptors (Lipinski definition) is 5. The summed E-state index contributed by atoms with van der Waals surface area (Å²) in [5, 5.41) is 5.39. The van der Waals surface area contributed by atoms with Gasteiger partial charge in [-0.3, -0.25) is 14.4 Å². The highest BCUT2D eigenvalue weighted by atomic mass is 16.5. The fourth-order valence-electron chi connectivity index (χ4n) is 2.82. The molecule has 27 heavy (non-hydrogen) atoms. The van der Waals surface area contributed by atoms with Crippen molar-refractivity contribution in [1.82, 2.24) is 15.2 Å². The van der Waals surface area contributed by atoms with Crippen molar-refractivity contribution in [1.29, 1.82) is 0 Å². The number of methoxy groups -OCH3 is 1. The molecule has 2 amide bonds. The third-order valence-corrected chi connectivity index (χ3v) is 4.56. The molecule has 0 unspecified atom stereocenters. The quantitative estimate of drug-likeness (QED) is 0.399. The maximum absolute atomic E-state index is 12.6. The van der Waals surface area contributed by atoms with E-state index in [2.05, 4.69) is 17.2 Å². The molecule has 0 atom stereocenters. The van der Waals surface area contributed by atoms with Crippen molar-refractivity contribution in [3.8, 4) is 0 Å². The monoisotopic (exact) mass is 375 g/mol. The number of aromatic nitrogens is 1. The van der Waals surface area contributed by atoms with E-state index in [1.165, 1.54) is 19.3 Å². The van der Waals surface area contributed by atoms with E-state index in [1.807, 2.05) is 0 Å². The van der Waals surface area contributed by atoms with Crippen LogP contribution >= 0.6 is 0 Å². The lowest BCUT2D eigenvalue weighted by molar-refractivity contribution is -0.135. The summed E-state index contributed by atoms with van der Waals surface area (Å²) in [4.78, 5) is 37.5. The second-order valence-corrected chi connectivity index (χ2v) is 6.48. The molecule has 1 fully saturated rings. The molecule has 1 saturated heterocycles. The summed E-state index contributed by atoms with van der Waals surface area (Å²) in [6.45, 7) is 7.90. The highest BCUT2D eigenvalue weighted by molar-refractivity contribution is 6.43. The Morgan fingerprint density at radius 1 is 1.41 bits per heavy atom. The Bertz CT molecular complexity index is 803. The number of carbonyl (C=O) groups is 3. The van der Waals surface area contributed by atoms with Gasteiger partial charge in [0.1, 0.15) is 11.2 Å². The van der Waals surface area contributed by atoms with Crippen LogP contribution in [0.5, 0.6) is 0 Å². The van der Waals surface area contributed by atoms with Crippen molar-refractivity contribution in [2.75, 3.05) is 26.9 Å². The molecule has 1 aromatic rings. The lowest BCUT2D eigenvalue weighted by Crippen LogP contribution is -2.65. The average molecular weight is 375 g/mol. The van der Waals surface area contributed by atoms with Crippen LogP contribution in [0, 0.1) is 6.92 Å². The average Bonchev–Trinajstić information content (AvgIpc) is 2.92. The zero-order chi connectivity index (χ0) is 20.2. The molecule has 0 radical (unpaired) electrons. The van der Waals surface area contributed by atoms with Gasteiger partial charge in [-0.25, -0.2) is 0 Å². The molecule has 0 spiro atoms. The Morgan fingerprint density at radius 2 is 2.07 bits per heavy atom. The van der Waals surface area contributed by atoms with Crippen molar-refractivity contribution < 1.29 is 23.9 Å². The highest BCUT2D eigenvalue weighted by Crippen LogP contribution is 2.19. The first kappa shape index (κ1) is 20.6. The fourth-order valence-corrected chi connectivity index (χ4v) is 2.82. The van der Waals surface area contributed by atoms with Gasteiger partial charge in [-0.2, -0.15) is 0 Å². The Balaban J connectivity index is 2.21. The standard InChI is InChI=1S/C19H25N3O5/c1-6-13(7-2)20-17(24)15-8-14(12(3)22(15)4)16(23)18(25)21-19(9-26-5)10-27-11-19/h6-8H,1,9-11H2,2-5H3,(H,20,24)(H,21,25)/b13-7+. The SMILES string of the molecule is C=C/C(=C\C)NC(=O)c1cc(C(=O)C(=O)NC2(COC)COC2)c(C)n1C. The van der Waals surface area contributed by atoms with E-state index in [1.54, 1.807) is 31.5 Å². The van der Waals surface area contributed by atoms with Crippen LogP contribution in [-0.2, 0) is 21.3 Å². The van der Waals surface area contributed by atoms with E-state index in [-0.39, 0.29) is 31.1 Å². The first-order valence-corrected chi connectivity index (χ1v) is 8.48. The highest BCUT2D eigenvalue weighted by Gasteiger charge is 2.41. The van der Waals surface area contributed by atoms with Crippen LogP contribution in [0.4, 0.5) is 0 Å². The summed E-state index contributed by atoms with van der Waals surface area (Å²) in [6, 6.07) is 1.42. The lowest BCUT2D eigenvalue weighted by atomic mass is 9.98. The third-order valence-electron chi connectivity index (χ3n) is 4.56. The van der Waals surface area contributed by atoms with E-state index in [4.69, 9.17) is 9.47 Å². The van der Waals surface area contributed by atoms with E-state index in [9.17, 15) is 14.4 Å². The topological polar surface area (TPSA) is 98.7 Å². The molecule has 2 heterocycles. The van der Waals surface area contributed by atoms with Gasteiger partial charge in [-0.1, -0.05) is 12.7 Å². The minimum atomic E-state index is -0.753. The molecule has 8 nitrogen and oxygen atoms in total. The van der Waals surface area contributed by atoms with Gasteiger partial charge in [0.05, 0.1) is 19.8 Å². The van der Waals surface area contributed by atoms with Crippen molar-refractivity contribution in [2.24, 2.45) is 7.05 Å². The molecular weight excluding hydrogens is 350 g/mol. The Hall–Kier alpha value is -2.71. The summed E-state index contributed by atoms with van der Waals surface area (Å²) in [6.07, 6.45) is 3.22. The summed E-state index contributed by atoms with van der Waals surface area (Å²) in [5.74, 6) is -1.85. The molecule has 0 saturated carbocycles. The summed E-state index contributed by atoms with van der Waals surface area (Å²) >= 11 is 0. The predicted molar refractivity (Wildman–Crippen MR) is 99.5 cm³/mol. The van der Waals surface area contributed by atoms with Crippen molar-refractivity contribution >= 4 is 17.6 Å². The predicted octanol–water partition coefficient (Wildman–Crippen LogP) is 0.867. The lowest BCUT2D eigenvalue weighted by Gasteiger charge is -2.41. The van der Waals surface area contributed by atoms with Crippen molar-refractivity contribution in [3.05, 3.63) is 47.4 Å². The minimum Gasteiger partial charge on any atom is -0.382 e. The smallest absolute Gasteiger partial charge is 0.293 e. The van der Waals surface area contributed by atoms with E-state index in [0.717, 1.165) is 0 Å². The van der Waals surface area contributed by atoms with Crippen molar-refractivity contribution in [2.45, 2.75) is 19.4 Å². The molecule has 0 aromatic carbocycles. The van der Waals surface area contributed by atoms with Crippen LogP contribution in [0.1, 0.15) is 33.5 Å². The van der Waals surface area contributed by atoms with Gasteiger partial charge in [-0.05, 0) is 26.0 Å². The molecule has 1 aliphatic heterocycles. The second-order valence-electron chi connectivity index (χ2n) is 6.48. The van der Waals surface area contributed by atoms with Crippen LogP contribution in [0.25, 0.3) is 0 Å². The number of hydrogen-bond donors (Lipinski definition) is 2. The molecule has 1 aliphatic rings. The largest absolute Gasteiger partial charge is 0.382 e. The van der Waals surface area contributed by atoms with Crippen LogP contribution in [-0.4, -0.2) is 54.6 Å². The van der Waals surface area contributed by atoms with Gasteiger partial charge in [0.15, 0.2) is 0 Å². The summed E-state index contributed by atoms with van der Waals surface area (Å²) in [5.41, 5.74) is 0.828. The number of carbonyl (C=O) groups excluding carboxylic acids is 3. The number of rotatable bonds is 8. The van der Waals surface area contributed by atoms with Gasteiger partial charge >= 0.3 is 0 Å². The number of nitrogens with zero attached hydrogens (tertiary/aromatic N) is 1. The number of Topliss-reactive ketones (excluding diaryl/α,β-unsaturated/α-hetero) is 1. The first-order valence-electron chi connectivity index (χ1n) is 8.48. The van der Waals surface area contributed by atoms with Crippen LogP contribution in [0.2, 0.25) is 0 Å². The molecule has 0 aliphatic carbocycles. The second kappa shape index (κ2) is 8.32. The molecular formula is C19H25N3O5. The van der Waals surface area contributed by atoms with Gasteiger partial charge in [0.25, 0.3) is 17.6 Å². The number of allylic oxidation sites excluding steroid dienone is 2. The first-order chi connectivity index (χ1) is 12.8. The number of ether oxygens (including phenoxy) is 2. The summed E-state index contributed by atoms with van der Waals surface area (Å²) in [7, 11) is 3.18. The Kier molecular flexibility index (Phi) is 6.35. The van der Waals surface area contributed by atoms with E-state index < -0.39 is 23.1 Å². The minimum absolute atomic E-state index is 0.175. The third kappa shape index (κ3) is 4.17. The van der Waals surface area contributed by atoms with Gasteiger partial charge in [0, 0.05) is 31.1 Å². The van der Waals surface area contributed by atoms with E-state index >= 15 is 0 Å². The molecule has 2 N–H and O–H groups in total. The van der Waals surface area contributed by atoms with Crippen LogP contribution in [0.15, 0.2) is 30.5 Å². The zero-order valence-electron chi connectivity index (χ0n) is 16.0. The number of amides is 2. The summed E-state index contributed by atoms with van der Waals surface area (Å²) < 4.78 is 11.8. The van der Waals surface area contributed by atoms with Gasteiger partial charge < -0.3 is 24.7 Å². The van der Waals surface area contributed by atoms with Gasteiger partial charge in [-0.15, -0.1) is 0 Å². The molecule has 1 aromatic heterocycles. The zero-order valence-corrected chi connectivity index (χ0v) is 16.0. The van der Waals surface area contributed by atoms with Crippen LogP contribution < -0.4 is 10.6 Å². The maximum Gasteiger partial charge on any atom is 0.293 e. The molecule has 2 rings (SSSR count). The van der Waals surface area contributed by atoms with Crippen molar-refractivity contribution in [3.63, 3.8) is 0 Å². The number of nitrogens with one attached hydrogen (secondary N) is 2. The van der Waals surface area contributed by atoms with Crippen LogP contribution in [0.3, 0.4) is 0 Å². The van der Waals surface area contributed by atoms with Gasteiger partial charge in [0.2, 0.25) is 0 Å². The Morgan fingerprint density at radius 3 is 2.56 bits per heavy atom. The normalized spacial score (nSPS) is 15.6. The molecule has 0 bridgehead atoms. The Labute approximate surface area is 158 Å².